The monoisotopic (exact) mass is 189 g/mol. The van der Waals surface area contributed by atoms with E-state index in [0.29, 0.717) is 13.0 Å². The molecular formula is C12H15NO. The van der Waals surface area contributed by atoms with Crippen LogP contribution in [0.3, 0.4) is 0 Å². The highest BCUT2D eigenvalue weighted by Gasteiger charge is 1.98. The molecule has 0 fully saturated rings. The SMILES string of the molecule is Cc1ccc(OCCCC#N)c(C)c1. The van der Waals surface area contributed by atoms with Crippen LogP contribution >= 0.6 is 0 Å². The number of ether oxygens (including phenoxy) is 1. The molecule has 2 heteroatoms. The van der Waals surface area contributed by atoms with Gasteiger partial charge < -0.3 is 4.74 Å². The van der Waals surface area contributed by atoms with Crippen molar-refractivity contribution in [1.82, 2.24) is 0 Å². The van der Waals surface area contributed by atoms with Crippen molar-refractivity contribution < 1.29 is 4.74 Å². The zero-order valence-corrected chi connectivity index (χ0v) is 8.71. The maximum Gasteiger partial charge on any atom is 0.122 e. The van der Waals surface area contributed by atoms with E-state index in [1.807, 2.05) is 19.1 Å². The molecule has 0 aliphatic carbocycles. The first-order valence-electron chi connectivity index (χ1n) is 4.81. The Balaban J connectivity index is 2.47. The molecule has 0 unspecified atom stereocenters. The van der Waals surface area contributed by atoms with E-state index < -0.39 is 0 Å². The van der Waals surface area contributed by atoms with Gasteiger partial charge in [-0.05, 0) is 31.9 Å². The number of nitrogens with zero attached hydrogens (tertiary/aromatic N) is 1. The third kappa shape index (κ3) is 3.10. The Hall–Kier alpha value is -1.49. The summed E-state index contributed by atoms with van der Waals surface area (Å²) in [4.78, 5) is 0. The molecule has 14 heavy (non-hydrogen) atoms. The van der Waals surface area contributed by atoms with Gasteiger partial charge in [0.2, 0.25) is 0 Å². The topological polar surface area (TPSA) is 33.0 Å². The van der Waals surface area contributed by atoms with Gasteiger partial charge in [0.1, 0.15) is 5.75 Å². The fraction of sp³-hybridized carbons (Fsp3) is 0.417. The van der Waals surface area contributed by atoms with Crippen LogP contribution in [0.25, 0.3) is 0 Å². The second kappa shape index (κ2) is 5.29. The van der Waals surface area contributed by atoms with Gasteiger partial charge >= 0.3 is 0 Å². The van der Waals surface area contributed by atoms with Crippen molar-refractivity contribution in [2.45, 2.75) is 26.7 Å². The van der Waals surface area contributed by atoms with Gasteiger partial charge in [-0.2, -0.15) is 5.26 Å². The highest BCUT2D eigenvalue weighted by atomic mass is 16.5. The Kier molecular flexibility index (Phi) is 4.00. The minimum absolute atomic E-state index is 0.560. The lowest BCUT2D eigenvalue weighted by molar-refractivity contribution is 0.310. The summed E-state index contributed by atoms with van der Waals surface area (Å²) in [7, 11) is 0. The minimum Gasteiger partial charge on any atom is -0.493 e. The molecule has 1 aromatic rings. The fourth-order valence-corrected chi connectivity index (χ4v) is 1.29. The third-order valence-corrected chi connectivity index (χ3v) is 2.02. The van der Waals surface area contributed by atoms with Gasteiger partial charge in [-0.25, -0.2) is 0 Å². The summed E-state index contributed by atoms with van der Waals surface area (Å²) in [6.07, 6.45) is 1.36. The molecule has 0 N–H and O–H groups in total. The van der Waals surface area contributed by atoms with Crippen LogP contribution in [0, 0.1) is 25.2 Å². The van der Waals surface area contributed by atoms with Crippen LogP contribution in [0.15, 0.2) is 18.2 Å². The largest absolute Gasteiger partial charge is 0.493 e. The van der Waals surface area contributed by atoms with Crippen LogP contribution < -0.4 is 4.74 Å². The summed E-state index contributed by atoms with van der Waals surface area (Å²) in [5.74, 6) is 0.925. The number of rotatable bonds is 4. The molecule has 74 valence electrons. The van der Waals surface area contributed by atoms with E-state index in [0.717, 1.165) is 17.7 Å². The zero-order valence-electron chi connectivity index (χ0n) is 8.71. The van der Waals surface area contributed by atoms with Gasteiger partial charge in [-0.15, -0.1) is 0 Å². The summed E-state index contributed by atoms with van der Waals surface area (Å²) in [5, 5.41) is 8.35. The molecule has 0 aliphatic rings. The number of hydrogen-bond acceptors (Lipinski definition) is 2. The van der Waals surface area contributed by atoms with Gasteiger partial charge in [0.25, 0.3) is 0 Å². The average Bonchev–Trinajstić information content (AvgIpc) is 2.15. The van der Waals surface area contributed by atoms with Gasteiger partial charge in [0.05, 0.1) is 12.7 Å². The smallest absolute Gasteiger partial charge is 0.122 e. The molecule has 0 heterocycles. The lowest BCUT2D eigenvalue weighted by atomic mass is 10.1. The molecule has 0 atom stereocenters. The lowest BCUT2D eigenvalue weighted by Crippen LogP contribution is -1.98. The van der Waals surface area contributed by atoms with Crippen LogP contribution in [-0.4, -0.2) is 6.61 Å². The van der Waals surface area contributed by atoms with Crippen LogP contribution in [0.4, 0.5) is 0 Å². The Morgan fingerprint density at radius 1 is 1.36 bits per heavy atom. The van der Waals surface area contributed by atoms with Crippen molar-refractivity contribution in [3.8, 4) is 11.8 Å². The molecule has 0 spiro atoms. The molecule has 0 bridgehead atoms. The van der Waals surface area contributed by atoms with Crippen molar-refractivity contribution in [3.05, 3.63) is 29.3 Å². The Morgan fingerprint density at radius 2 is 2.14 bits per heavy atom. The van der Waals surface area contributed by atoms with Gasteiger partial charge in [0, 0.05) is 6.42 Å². The van der Waals surface area contributed by atoms with Gasteiger partial charge in [-0.1, -0.05) is 17.7 Å². The van der Waals surface area contributed by atoms with E-state index in [9.17, 15) is 0 Å². The van der Waals surface area contributed by atoms with Crippen molar-refractivity contribution in [1.29, 1.82) is 5.26 Å². The van der Waals surface area contributed by atoms with Crippen LogP contribution in [-0.2, 0) is 0 Å². The normalized spacial score (nSPS) is 9.50. The van der Waals surface area contributed by atoms with E-state index in [4.69, 9.17) is 10.00 Å². The predicted octanol–water partition coefficient (Wildman–Crippen LogP) is 2.99. The Morgan fingerprint density at radius 3 is 2.79 bits per heavy atom. The van der Waals surface area contributed by atoms with Crippen molar-refractivity contribution in [2.75, 3.05) is 6.61 Å². The number of benzene rings is 1. The first kappa shape index (κ1) is 10.6. The van der Waals surface area contributed by atoms with Crippen molar-refractivity contribution >= 4 is 0 Å². The van der Waals surface area contributed by atoms with E-state index in [1.54, 1.807) is 0 Å². The summed E-state index contributed by atoms with van der Waals surface area (Å²) in [6.45, 7) is 4.72. The number of aryl methyl sites for hydroxylation is 2. The first-order valence-corrected chi connectivity index (χ1v) is 4.81. The molecule has 0 aliphatic heterocycles. The highest BCUT2D eigenvalue weighted by Crippen LogP contribution is 2.18. The number of unbranched alkanes of at least 4 members (excludes halogenated alkanes) is 1. The summed E-state index contributed by atoms with van der Waals surface area (Å²) < 4.78 is 5.54. The summed E-state index contributed by atoms with van der Waals surface area (Å²) in [5.41, 5.74) is 2.40. The van der Waals surface area contributed by atoms with Gasteiger partial charge in [0.15, 0.2) is 0 Å². The first-order chi connectivity index (χ1) is 6.74. The number of hydrogen-bond donors (Lipinski definition) is 0. The molecule has 0 amide bonds. The predicted molar refractivity (Wildman–Crippen MR) is 56.3 cm³/mol. The molecule has 0 radical (unpaired) electrons. The standard InChI is InChI=1S/C12H15NO/c1-10-5-6-12(11(2)9-10)14-8-4-3-7-13/h5-6,9H,3-4,8H2,1-2H3. The molecule has 0 saturated carbocycles. The van der Waals surface area contributed by atoms with Crippen LogP contribution in [0.1, 0.15) is 24.0 Å². The van der Waals surface area contributed by atoms with Crippen LogP contribution in [0.2, 0.25) is 0 Å². The Labute approximate surface area is 85.1 Å². The molecule has 2 nitrogen and oxygen atoms in total. The van der Waals surface area contributed by atoms with E-state index in [1.165, 1.54) is 5.56 Å². The lowest BCUT2D eigenvalue weighted by Gasteiger charge is -2.08. The highest BCUT2D eigenvalue weighted by molar-refractivity contribution is 5.35. The van der Waals surface area contributed by atoms with Crippen molar-refractivity contribution in [2.24, 2.45) is 0 Å². The zero-order chi connectivity index (χ0) is 10.4. The Bertz CT molecular complexity index is 339. The molecule has 1 aromatic carbocycles. The quantitative estimate of drug-likeness (QED) is 0.682. The maximum absolute atomic E-state index is 8.35. The fourth-order valence-electron chi connectivity index (χ4n) is 1.29. The number of nitriles is 1. The van der Waals surface area contributed by atoms with E-state index in [-0.39, 0.29) is 0 Å². The molecule has 0 saturated heterocycles. The molecule has 0 aromatic heterocycles. The molecular weight excluding hydrogens is 174 g/mol. The van der Waals surface area contributed by atoms with E-state index >= 15 is 0 Å². The molecule has 1 rings (SSSR count). The maximum atomic E-state index is 8.35. The second-order valence-corrected chi connectivity index (χ2v) is 3.38. The summed E-state index contributed by atoms with van der Waals surface area (Å²) >= 11 is 0. The second-order valence-electron chi connectivity index (χ2n) is 3.38. The minimum atomic E-state index is 0.560. The summed E-state index contributed by atoms with van der Waals surface area (Å²) in [6, 6.07) is 8.21. The van der Waals surface area contributed by atoms with E-state index in [2.05, 4.69) is 19.1 Å². The van der Waals surface area contributed by atoms with Crippen LogP contribution in [0.5, 0.6) is 5.75 Å². The third-order valence-electron chi connectivity index (χ3n) is 2.02. The average molecular weight is 189 g/mol. The van der Waals surface area contributed by atoms with Crippen molar-refractivity contribution in [3.63, 3.8) is 0 Å². The van der Waals surface area contributed by atoms with Gasteiger partial charge in [-0.3, -0.25) is 0 Å².